The Hall–Kier alpha value is -1.39. The normalized spacial score (nSPS) is 15.8. The summed E-state index contributed by atoms with van der Waals surface area (Å²) >= 11 is 0. The van der Waals surface area contributed by atoms with E-state index in [9.17, 15) is 4.79 Å². The number of aryl methyl sites for hydroxylation is 1. The van der Waals surface area contributed by atoms with Crippen LogP contribution in [0.25, 0.3) is 0 Å². The van der Waals surface area contributed by atoms with Gasteiger partial charge in [-0.2, -0.15) is 0 Å². The zero-order chi connectivity index (χ0) is 12.8. The van der Waals surface area contributed by atoms with E-state index in [1.165, 1.54) is 17.5 Å². The molecule has 0 fully saturated rings. The maximum Gasteiger partial charge on any atom is 0.233 e. The predicted molar refractivity (Wildman–Crippen MR) is 71.6 cm³/mol. The van der Waals surface area contributed by atoms with Gasteiger partial charge in [-0.15, -0.1) is 0 Å². The molecular weight excluding hydrogens is 226 g/mol. The lowest BCUT2D eigenvalue weighted by atomic mass is 10.0. The molecule has 1 heterocycles. The van der Waals surface area contributed by atoms with Crippen LogP contribution in [0.3, 0.4) is 0 Å². The number of hydrogen-bond donors (Lipinski definition) is 2. The van der Waals surface area contributed by atoms with Gasteiger partial charge in [0.2, 0.25) is 5.91 Å². The van der Waals surface area contributed by atoms with Crippen molar-refractivity contribution in [3.63, 3.8) is 0 Å². The van der Waals surface area contributed by atoms with Crippen molar-refractivity contribution in [2.75, 3.05) is 13.1 Å². The van der Waals surface area contributed by atoms with Crippen LogP contribution < -0.4 is 11.3 Å². The summed E-state index contributed by atoms with van der Waals surface area (Å²) in [5, 5.41) is 0. The van der Waals surface area contributed by atoms with Gasteiger partial charge in [0, 0.05) is 13.0 Å². The summed E-state index contributed by atoms with van der Waals surface area (Å²) in [6, 6.07) is 8.64. The fraction of sp³-hybridized carbons (Fsp3) is 0.500. The number of benzene rings is 1. The molecule has 1 aliphatic rings. The van der Waals surface area contributed by atoms with Crippen LogP contribution in [0.2, 0.25) is 0 Å². The van der Waals surface area contributed by atoms with E-state index < -0.39 is 0 Å². The van der Waals surface area contributed by atoms with Crippen molar-refractivity contribution < 1.29 is 4.79 Å². The highest BCUT2D eigenvalue weighted by atomic mass is 16.2. The number of carbonyl (C=O) groups excluding carboxylic acids is 1. The first-order valence-corrected chi connectivity index (χ1v) is 6.58. The molecule has 4 heteroatoms. The summed E-state index contributed by atoms with van der Waals surface area (Å²) in [5.41, 5.74) is 5.07. The zero-order valence-electron chi connectivity index (χ0n) is 10.7. The van der Waals surface area contributed by atoms with Gasteiger partial charge in [-0.3, -0.25) is 15.1 Å². The quantitative estimate of drug-likeness (QED) is 0.477. The van der Waals surface area contributed by atoms with Crippen LogP contribution in [0.5, 0.6) is 0 Å². The minimum Gasteiger partial charge on any atom is -0.299 e. The first kappa shape index (κ1) is 13.1. The van der Waals surface area contributed by atoms with Crippen LogP contribution in [0, 0.1) is 0 Å². The van der Waals surface area contributed by atoms with Crippen molar-refractivity contribution in [3.8, 4) is 0 Å². The lowest BCUT2D eigenvalue weighted by Crippen LogP contribution is -2.31. The van der Waals surface area contributed by atoms with Crippen molar-refractivity contribution in [2.45, 2.75) is 32.2 Å². The molecule has 0 atom stereocenters. The second-order valence-corrected chi connectivity index (χ2v) is 4.82. The SMILES string of the molecule is NNC(=O)CCCN1CCCc2ccccc2C1. The Morgan fingerprint density at radius 3 is 2.89 bits per heavy atom. The van der Waals surface area contributed by atoms with Gasteiger partial charge >= 0.3 is 0 Å². The highest BCUT2D eigenvalue weighted by Crippen LogP contribution is 2.18. The van der Waals surface area contributed by atoms with Gasteiger partial charge in [-0.05, 0) is 43.5 Å². The molecule has 3 N–H and O–H groups in total. The molecule has 2 rings (SSSR count). The molecule has 18 heavy (non-hydrogen) atoms. The zero-order valence-corrected chi connectivity index (χ0v) is 10.7. The molecule has 0 aliphatic carbocycles. The molecule has 4 nitrogen and oxygen atoms in total. The summed E-state index contributed by atoms with van der Waals surface area (Å²) in [7, 11) is 0. The minimum atomic E-state index is -0.0785. The predicted octanol–water partition coefficient (Wildman–Crippen LogP) is 1.20. The molecule has 1 aromatic carbocycles. The molecule has 0 spiro atoms. The van der Waals surface area contributed by atoms with E-state index in [2.05, 4.69) is 34.6 Å². The van der Waals surface area contributed by atoms with Crippen LogP contribution in [0.4, 0.5) is 0 Å². The topological polar surface area (TPSA) is 58.4 Å². The van der Waals surface area contributed by atoms with Crippen LogP contribution >= 0.6 is 0 Å². The number of hydrazine groups is 1. The number of fused-ring (bicyclic) bond motifs is 1. The highest BCUT2D eigenvalue weighted by molar-refractivity contribution is 5.75. The Bertz CT molecular complexity index is 406. The van der Waals surface area contributed by atoms with E-state index >= 15 is 0 Å². The van der Waals surface area contributed by atoms with Crippen LogP contribution in [0.1, 0.15) is 30.4 Å². The molecule has 98 valence electrons. The summed E-state index contributed by atoms with van der Waals surface area (Å²) in [6.07, 6.45) is 3.73. The molecule has 1 aromatic rings. The first-order valence-electron chi connectivity index (χ1n) is 6.58. The number of nitrogens with one attached hydrogen (secondary N) is 1. The average molecular weight is 247 g/mol. The van der Waals surface area contributed by atoms with Crippen LogP contribution in [0.15, 0.2) is 24.3 Å². The molecule has 0 radical (unpaired) electrons. The smallest absolute Gasteiger partial charge is 0.233 e. The lowest BCUT2D eigenvalue weighted by Gasteiger charge is -2.20. The Morgan fingerprint density at radius 1 is 1.33 bits per heavy atom. The third-order valence-corrected chi connectivity index (χ3v) is 3.47. The Morgan fingerprint density at radius 2 is 2.11 bits per heavy atom. The number of nitrogens with zero attached hydrogens (tertiary/aromatic N) is 1. The van der Waals surface area contributed by atoms with Crippen molar-refractivity contribution in [1.29, 1.82) is 0 Å². The van der Waals surface area contributed by atoms with Crippen LogP contribution in [-0.4, -0.2) is 23.9 Å². The molecule has 0 saturated heterocycles. The van der Waals surface area contributed by atoms with Crippen LogP contribution in [-0.2, 0) is 17.8 Å². The molecule has 0 unspecified atom stereocenters. The van der Waals surface area contributed by atoms with Crippen molar-refractivity contribution in [3.05, 3.63) is 35.4 Å². The molecule has 1 amide bonds. The Kier molecular flexibility index (Phi) is 4.73. The van der Waals surface area contributed by atoms with Gasteiger partial charge in [0.15, 0.2) is 0 Å². The van der Waals surface area contributed by atoms with E-state index in [-0.39, 0.29) is 5.91 Å². The lowest BCUT2D eigenvalue weighted by molar-refractivity contribution is -0.121. The largest absolute Gasteiger partial charge is 0.299 e. The molecule has 0 bridgehead atoms. The Balaban J connectivity index is 1.86. The number of amides is 1. The third-order valence-electron chi connectivity index (χ3n) is 3.47. The third kappa shape index (κ3) is 3.55. The summed E-state index contributed by atoms with van der Waals surface area (Å²) in [6.45, 7) is 3.07. The summed E-state index contributed by atoms with van der Waals surface area (Å²) < 4.78 is 0. The fourth-order valence-electron chi connectivity index (χ4n) is 2.49. The average Bonchev–Trinajstić information content (AvgIpc) is 2.60. The summed E-state index contributed by atoms with van der Waals surface area (Å²) in [5.74, 6) is 4.99. The van der Waals surface area contributed by atoms with E-state index in [0.717, 1.165) is 32.5 Å². The molecule has 1 aliphatic heterocycles. The van der Waals surface area contributed by atoms with Gasteiger partial charge in [-0.1, -0.05) is 24.3 Å². The van der Waals surface area contributed by atoms with Crippen molar-refractivity contribution >= 4 is 5.91 Å². The number of rotatable bonds is 4. The maximum atomic E-state index is 11.1. The van der Waals surface area contributed by atoms with Gasteiger partial charge < -0.3 is 0 Å². The van der Waals surface area contributed by atoms with Gasteiger partial charge in [0.05, 0.1) is 0 Å². The van der Waals surface area contributed by atoms with Crippen molar-refractivity contribution in [2.24, 2.45) is 5.84 Å². The number of carbonyl (C=O) groups is 1. The maximum absolute atomic E-state index is 11.1. The summed E-state index contributed by atoms with van der Waals surface area (Å²) in [4.78, 5) is 13.5. The molecule has 0 aromatic heterocycles. The second-order valence-electron chi connectivity index (χ2n) is 4.82. The second kappa shape index (κ2) is 6.52. The van der Waals surface area contributed by atoms with Gasteiger partial charge in [0.25, 0.3) is 0 Å². The molecule has 0 saturated carbocycles. The highest BCUT2D eigenvalue weighted by Gasteiger charge is 2.13. The fourth-order valence-corrected chi connectivity index (χ4v) is 2.49. The standard InChI is InChI=1S/C14H21N3O/c15-16-14(18)8-4-10-17-9-3-7-12-5-1-2-6-13(12)11-17/h1-2,5-6H,3-4,7-11,15H2,(H,16,18). The van der Waals surface area contributed by atoms with Crippen molar-refractivity contribution in [1.82, 2.24) is 10.3 Å². The van der Waals surface area contributed by atoms with E-state index in [0.29, 0.717) is 6.42 Å². The van der Waals surface area contributed by atoms with E-state index in [4.69, 9.17) is 5.84 Å². The van der Waals surface area contributed by atoms with Gasteiger partial charge in [-0.25, -0.2) is 5.84 Å². The molecular formula is C14H21N3O. The minimum absolute atomic E-state index is 0.0785. The van der Waals surface area contributed by atoms with Gasteiger partial charge in [0.1, 0.15) is 0 Å². The monoisotopic (exact) mass is 247 g/mol. The number of nitrogens with two attached hydrogens (primary N) is 1. The Labute approximate surface area is 108 Å². The van der Waals surface area contributed by atoms with E-state index in [1.807, 2.05) is 0 Å². The van der Waals surface area contributed by atoms with E-state index in [1.54, 1.807) is 0 Å². The first-order chi connectivity index (χ1) is 8.79. The number of hydrogen-bond acceptors (Lipinski definition) is 3.